The summed E-state index contributed by atoms with van der Waals surface area (Å²) in [6, 6.07) is 7.31. The number of amides is 1. The van der Waals surface area contributed by atoms with Gasteiger partial charge in [0.05, 0.1) is 6.04 Å². The highest BCUT2D eigenvalue weighted by Crippen LogP contribution is 2.15. The molecule has 2 rings (SSSR count). The van der Waals surface area contributed by atoms with Crippen molar-refractivity contribution < 1.29 is 14.0 Å². The van der Waals surface area contributed by atoms with Gasteiger partial charge < -0.3 is 9.88 Å². The Morgan fingerprint density at radius 2 is 2.00 bits per heavy atom. The highest BCUT2D eigenvalue weighted by molar-refractivity contribution is 5.99. The van der Waals surface area contributed by atoms with Crippen LogP contribution in [0.4, 0.5) is 4.39 Å². The van der Waals surface area contributed by atoms with Gasteiger partial charge >= 0.3 is 0 Å². The number of Topliss-reactive ketones (excluding diaryl/α,β-unsaturated/α-hetero) is 1. The molecule has 1 aromatic heterocycles. The maximum Gasteiger partial charge on any atom is 0.268 e. The van der Waals surface area contributed by atoms with E-state index < -0.39 is 0 Å². The minimum Gasteiger partial charge on any atom is -0.346 e. The van der Waals surface area contributed by atoms with Crippen LogP contribution in [-0.4, -0.2) is 16.3 Å². The van der Waals surface area contributed by atoms with E-state index in [1.165, 1.54) is 19.1 Å². The number of nitrogens with one attached hydrogen (secondary N) is 1. The van der Waals surface area contributed by atoms with Gasteiger partial charge in [-0.05, 0) is 37.6 Å². The van der Waals surface area contributed by atoms with Crippen LogP contribution in [0, 0.1) is 5.82 Å². The van der Waals surface area contributed by atoms with Crippen LogP contribution in [0.25, 0.3) is 0 Å². The summed E-state index contributed by atoms with van der Waals surface area (Å²) in [6.07, 6.45) is 1.62. The summed E-state index contributed by atoms with van der Waals surface area (Å²) in [5.74, 6) is -0.740. The molecule has 5 heteroatoms. The first-order valence-corrected chi connectivity index (χ1v) is 6.62. The molecule has 0 unspecified atom stereocenters. The molecule has 110 valence electrons. The van der Waals surface area contributed by atoms with E-state index in [1.54, 1.807) is 42.9 Å². The summed E-state index contributed by atoms with van der Waals surface area (Å²) < 4.78 is 14.8. The number of aromatic nitrogens is 1. The zero-order chi connectivity index (χ0) is 15.6. The first-order chi connectivity index (χ1) is 9.88. The van der Waals surface area contributed by atoms with Crippen LogP contribution in [0.3, 0.4) is 0 Å². The molecule has 1 atom stereocenters. The fourth-order valence-corrected chi connectivity index (χ4v) is 2.11. The van der Waals surface area contributed by atoms with E-state index in [0.717, 1.165) is 0 Å². The first-order valence-electron chi connectivity index (χ1n) is 6.62. The van der Waals surface area contributed by atoms with Gasteiger partial charge in [0.15, 0.2) is 5.78 Å². The lowest BCUT2D eigenvalue weighted by Gasteiger charge is -2.14. The molecule has 0 radical (unpaired) electrons. The van der Waals surface area contributed by atoms with Gasteiger partial charge in [0.1, 0.15) is 11.5 Å². The second-order valence-corrected chi connectivity index (χ2v) is 5.03. The second kappa shape index (κ2) is 5.91. The number of carbonyl (C=O) groups excluding carboxylic acids is 2. The number of hydrogen-bond donors (Lipinski definition) is 1. The van der Waals surface area contributed by atoms with E-state index in [2.05, 4.69) is 5.32 Å². The van der Waals surface area contributed by atoms with E-state index in [9.17, 15) is 14.0 Å². The van der Waals surface area contributed by atoms with E-state index in [0.29, 0.717) is 16.8 Å². The average Bonchev–Trinajstić information content (AvgIpc) is 2.81. The van der Waals surface area contributed by atoms with Gasteiger partial charge in [-0.25, -0.2) is 4.39 Å². The summed E-state index contributed by atoms with van der Waals surface area (Å²) in [4.78, 5) is 23.6. The van der Waals surface area contributed by atoms with Gasteiger partial charge in [-0.2, -0.15) is 0 Å². The number of halogens is 1. The predicted molar refractivity (Wildman–Crippen MR) is 77.7 cm³/mol. The third-order valence-electron chi connectivity index (χ3n) is 3.34. The molecule has 1 amide bonds. The second-order valence-electron chi connectivity index (χ2n) is 5.03. The molecule has 0 aliphatic carbocycles. The molecule has 1 N–H and O–H groups in total. The summed E-state index contributed by atoms with van der Waals surface area (Å²) in [5.41, 5.74) is 1.56. The molecule has 21 heavy (non-hydrogen) atoms. The highest BCUT2D eigenvalue weighted by atomic mass is 19.1. The Kier molecular flexibility index (Phi) is 4.21. The lowest BCUT2D eigenvalue weighted by atomic mass is 10.1. The molecule has 0 saturated heterocycles. The molecule has 4 nitrogen and oxygen atoms in total. The Bertz CT molecular complexity index is 691. The lowest BCUT2D eigenvalue weighted by molar-refractivity contribution is 0.0931. The van der Waals surface area contributed by atoms with Crippen LogP contribution in [0.2, 0.25) is 0 Å². The molecule has 0 fully saturated rings. The first kappa shape index (κ1) is 15.0. The summed E-state index contributed by atoms with van der Waals surface area (Å²) in [7, 11) is 1.70. The fraction of sp³-hybridized carbons (Fsp3) is 0.250. The van der Waals surface area contributed by atoms with Gasteiger partial charge in [0.2, 0.25) is 0 Å². The molecule has 0 bridgehead atoms. The predicted octanol–water partition coefficient (Wildman–Crippen LogP) is 2.86. The van der Waals surface area contributed by atoms with Crippen molar-refractivity contribution in [2.24, 2.45) is 7.05 Å². The average molecular weight is 288 g/mol. The topological polar surface area (TPSA) is 51.1 Å². The highest BCUT2D eigenvalue weighted by Gasteiger charge is 2.16. The van der Waals surface area contributed by atoms with E-state index in [1.807, 2.05) is 0 Å². The number of aryl methyl sites for hydroxylation is 1. The van der Waals surface area contributed by atoms with Gasteiger partial charge in [0.25, 0.3) is 5.91 Å². The van der Waals surface area contributed by atoms with Crippen LogP contribution >= 0.6 is 0 Å². The number of ketones is 1. The number of hydrogen-bond acceptors (Lipinski definition) is 2. The molecule has 2 aromatic rings. The molecule has 1 aromatic carbocycles. The Labute approximate surface area is 122 Å². The van der Waals surface area contributed by atoms with E-state index in [4.69, 9.17) is 0 Å². The van der Waals surface area contributed by atoms with Crippen molar-refractivity contribution in [2.45, 2.75) is 19.9 Å². The van der Waals surface area contributed by atoms with Crippen molar-refractivity contribution in [3.63, 3.8) is 0 Å². The zero-order valence-electron chi connectivity index (χ0n) is 12.2. The third kappa shape index (κ3) is 3.37. The van der Waals surface area contributed by atoms with Crippen molar-refractivity contribution in [1.29, 1.82) is 0 Å². The molecule has 0 aliphatic rings. The SMILES string of the molecule is CC(=O)c1cc(C(=O)N[C@H](C)c2cccc(F)c2)n(C)c1. The number of rotatable bonds is 4. The van der Waals surface area contributed by atoms with Gasteiger partial charge in [-0.1, -0.05) is 12.1 Å². The maximum atomic E-state index is 13.2. The maximum absolute atomic E-state index is 13.2. The van der Waals surface area contributed by atoms with Gasteiger partial charge in [-0.3, -0.25) is 9.59 Å². The van der Waals surface area contributed by atoms with Crippen LogP contribution < -0.4 is 5.32 Å². The Hall–Kier alpha value is -2.43. The molecule has 1 heterocycles. The lowest BCUT2D eigenvalue weighted by Crippen LogP contribution is -2.28. The molecular weight excluding hydrogens is 271 g/mol. The smallest absolute Gasteiger partial charge is 0.268 e. The van der Waals surface area contributed by atoms with Crippen LogP contribution in [-0.2, 0) is 7.05 Å². The molecule has 0 saturated carbocycles. The normalized spacial score (nSPS) is 12.0. The van der Waals surface area contributed by atoms with Crippen LogP contribution in [0.5, 0.6) is 0 Å². The number of benzene rings is 1. The van der Waals surface area contributed by atoms with Crippen LogP contribution in [0.1, 0.15) is 46.3 Å². The largest absolute Gasteiger partial charge is 0.346 e. The quantitative estimate of drug-likeness (QED) is 0.879. The Morgan fingerprint density at radius 3 is 2.57 bits per heavy atom. The Morgan fingerprint density at radius 1 is 1.29 bits per heavy atom. The van der Waals surface area contributed by atoms with Crippen molar-refractivity contribution in [1.82, 2.24) is 9.88 Å². The van der Waals surface area contributed by atoms with Gasteiger partial charge in [-0.15, -0.1) is 0 Å². The summed E-state index contributed by atoms with van der Waals surface area (Å²) in [5, 5.41) is 2.80. The minimum absolute atomic E-state index is 0.0946. The number of carbonyl (C=O) groups is 2. The van der Waals surface area contributed by atoms with Crippen LogP contribution in [0.15, 0.2) is 36.5 Å². The van der Waals surface area contributed by atoms with E-state index in [-0.39, 0.29) is 23.5 Å². The minimum atomic E-state index is -0.341. The van der Waals surface area contributed by atoms with Gasteiger partial charge in [0, 0.05) is 18.8 Å². The zero-order valence-corrected chi connectivity index (χ0v) is 12.2. The standard InChI is InChI=1S/C16H17FN2O2/c1-10(12-5-4-6-14(17)7-12)18-16(21)15-8-13(11(2)20)9-19(15)3/h4-10H,1-3H3,(H,18,21)/t10-/m1/s1. The van der Waals surface area contributed by atoms with E-state index >= 15 is 0 Å². The fourth-order valence-electron chi connectivity index (χ4n) is 2.11. The third-order valence-corrected chi connectivity index (χ3v) is 3.34. The monoisotopic (exact) mass is 288 g/mol. The molecular formula is C16H17FN2O2. The van der Waals surface area contributed by atoms with Crippen molar-refractivity contribution >= 4 is 11.7 Å². The van der Waals surface area contributed by atoms with Crippen molar-refractivity contribution in [3.8, 4) is 0 Å². The molecule has 0 aliphatic heterocycles. The summed E-state index contributed by atoms with van der Waals surface area (Å²) in [6.45, 7) is 3.23. The summed E-state index contributed by atoms with van der Waals surface area (Å²) >= 11 is 0. The number of nitrogens with zero attached hydrogens (tertiary/aromatic N) is 1. The van der Waals surface area contributed by atoms with Crippen molar-refractivity contribution in [2.75, 3.05) is 0 Å². The Balaban J connectivity index is 2.16. The van der Waals surface area contributed by atoms with Crippen molar-refractivity contribution in [3.05, 3.63) is 59.2 Å². The molecule has 0 spiro atoms.